The van der Waals surface area contributed by atoms with E-state index in [-0.39, 0.29) is 11.7 Å². The number of nitrogens with two attached hydrogens (primary N) is 1. The summed E-state index contributed by atoms with van der Waals surface area (Å²) >= 11 is 5.63. The van der Waals surface area contributed by atoms with Gasteiger partial charge in [-0.1, -0.05) is 30.4 Å². The molecule has 1 fully saturated rings. The Morgan fingerprint density at radius 2 is 1.93 bits per heavy atom. The van der Waals surface area contributed by atoms with Crippen LogP contribution in [-0.4, -0.2) is 34.5 Å². The van der Waals surface area contributed by atoms with Crippen molar-refractivity contribution in [3.8, 4) is 6.07 Å². The van der Waals surface area contributed by atoms with Crippen LogP contribution in [0, 0.1) is 17.1 Å². The smallest absolute Gasteiger partial charge is 0.136 e. The Labute approximate surface area is 162 Å². The van der Waals surface area contributed by atoms with Gasteiger partial charge in [-0.3, -0.25) is 0 Å². The predicted octanol–water partition coefficient (Wildman–Crippen LogP) is 3.00. The van der Waals surface area contributed by atoms with Gasteiger partial charge in [-0.05, 0) is 24.3 Å². The van der Waals surface area contributed by atoms with Crippen molar-refractivity contribution in [3.63, 3.8) is 0 Å². The van der Waals surface area contributed by atoms with Gasteiger partial charge in [0.05, 0.1) is 17.2 Å². The summed E-state index contributed by atoms with van der Waals surface area (Å²) in [7, 11) is 0. The molecule has 0 saturated carbocycles. The minimum atomic E-state index is -0.526. The number of nitrogens with zero attached hydrogens (tertiary/aromatic N) is 3. The number of hydrogen-bond acceptors (Lipinski definition) is 5. The Morgan fingerprint density at radius 1 is 1.22 bits per heavy atom. The van der Waals surface area contributed by atoms with E-state index < -0.39 is 5.66 Å². The number of halogens is 1. The first-order valence-electron chi connectivity index (χ1n) is 8.73. The van der Waals surface area contributed by atoms with Crippen molar-refractivity contribution < 1.29 is 4.39 Å². The molecule has 4 rings (SSSR count). The van der Waals surface area contributed by atoms with E-state index in [1.54, 1.807) is 18.2 Å². The second-order valence-corrected chi connectivity index (χ2v) is 7.18. The Hall–Kier alpha value is -2.98. The standard InChI is InChI=1S/C20H18FN5S/c21-15-2-1-3-16-17(15)18(23)25-20(24-16)8-10-26(11-9-20)19(27)14-6-4-13(12-22)5-7-14/h1-7,24H,8-11H2,(H2,23,25). The summed E-state index contributed by atoms with van der Waals surface area (Å²) in [5.41, 5.74) is 8.11. The van der Waals surface area contributed by atoms with Gasteiger partial charge >= 0.3 is 0 Å². The lowest BCUT2D eigenvalue weighted by Crippen LogP contribution is -2.52. The molecule has 1 spiro atoms. The van der Waals surface area contributed by atoms with Crippen LogP contribution in [0.15, 0.2) is 47.5 Å². The molecule has 0 amide bonds. The molecule has 0 aromatic heterocycles. The Morgan fingerprint density at radius 3 is 2.59 bits per heavy atom. The molecule has 27 heavy (non-hydrogen) atoms. The first kappa shape index (κ1) is 17.4. The van der Waals surface area contributed by atoms with E-state index in [1.807, 2.05) is 18.2 Å². The van der Waals surface area contributed by atoms with Gasteiger partial charge in [0.15, 0.2) is 0 Å². The Bertz CT molecular complexity index is 969. The molecule has 2 aliphatic rings. The van der Waals surface area contributed by atoms with Gasteiger partial charge in [0.25, 0.3) is 0 Å². The Kier molecular flexibility index (Phi) is 4.28. The Balaban J connectivity index is 1.50. The maximum absolute atomic E-state index is 14.0. The van der Waals surface area contributed by atoms with E-state index in [0.717, 1.165) is 10.6 Å². The minimum Gasteiger partial charge on any atom is -0.383 e. The molecule has 7 heteroatoms. The van der Waals surface area contributed by atoms with Gasteiger partial charge in [-0.25, -0.2) is 9.38 Å². The van der Waals surface area contributed by atoms with Crippen LogP contribution in [0.5, 0.6) is 0 Å². The molecule has 2 aromatic rings. The van der Waals surface area contributed by atoms with Gasteiger partial charge in [-0.15, -0.1) is 0 Å². The summed E-state index contributed by atoms with van der Waals surface area (Å²) in [5, 5.41) is 12.3. The molecule has 0 aliphatic carbocycles. The van der Waals surface area contributed by atoms with Crippen molar-refractivity contribution >= 4 is 28.7 Å². The van der Waals surface area contributed by atoms with E-state index >= 15 is 0 Å². The van der Waals surface area contributed by atoms with E-state index in [0.29, 0.717) is 42.7 Å². The summed E-state index contributed by atoms with van der Waals surface area (Å²) < 4.78 is 14.0. The number of fused-ring (bicyclic) bond motifs is 1. The van der Waals surface area contributed by atoms with Crippen LogP contribution < -0.4 is 11.1 Å². The molecule has 0 unspecified atom stereocenters. The summed E-state index contributed by atoms with van der Waals surface area (Å²) in [6.45, 7) is 1.43. The van der Waals surface area contributed by atoms with Crippen molar-refractivity contribution in [1.29, 1.82) is 5.26 Å². The highest BCUT2D eigenvalue weighted by Crippen LogP contribution is 2.35. The molecule has 0 atom stereocenters. The van der Waals surface area contributed by atoms with Crippen LogP contribution in [0.4, 0.5) is 10.1 Å². The molecular formula is C20H18FN5S. The number of nitriles is 1. The maximum atomic E-state index is 14.0. The topological polar surface area (TPSA) is 77.4 Å². The number of piperidine rings is 1. The van der Waals surface area contributed by atoms with Gasteiger partial charge in [0.2, 0.25) is 0 Å². The number of rotatable bonds is 1. The summed E-state index contributed by atoms with van der Waals surface area (Å²) in [5.74, 6) is -0.125. The SMILES string of the molecule is N#Cc1ccc(C(=S)N2CCC3(CC2)N=C(N)c2c(F)cccc2N3)cc1. The van der Waals surface area contributed by atoms with Gasteiger partial charge in [-0.2, -0.15) is 5.26 Å². The van der Waals surface area contributed by atoms with Crippen molar-refractivity contribution in [2.24, 2.45) is 10.7 Å². The monoisotopic (exact) mass is 379 g/mol. The third-order valence-corrected chi connectivity index (χ3v) is 5.60. The van der Waals surface area contributed by atoms with E-state index in [4.69, 9.17) is 23.2 Å². The zero-order chi connectivity index (χ0) is 19.0. The molecule has 0 radical (unpaired) electrons. The lowest BCUT2D eigenvalue weighted by Gasteiger charge is -2.43. The fourth-order valence-electron chi connectivity index (χ4n) is 3.64. The number of anilines is 1. The average Bonchev–Trinajstić information content (AvgIpc) is 2.68. The number of thiocarbonyl (C=S) groups is 1. The number of hydrogen-bond donors (Lipinski definition) is 2. The highest BCUT2D eigenvalue weighted by atomic mass is 32.1. The molecule has 2 aromatic carbocycles. The number of nitrogens with one attached hydrogen (secondary N) is 1. The summed E-state index contributed by atoms with van der Waals surface area (Å²) in [6.07, 6.45) is 1.42. The largest absolute Gasteiger partial charge is 0.383 e. The maximum Gasteiger partial charge on any atom is 0.136 e. The van der Waals surface area contributed by atoms with Crippen LogP contribution in [0.3, 0.4) is 0 Å². The number of likely N-dealkylation sites (tertiary alicyclic amines) is 1. The zero-order valence-electron chi connectivity index (χ0n) is 14.6. The lowest BCUT2D eigenvalue weighted by molar-refractivity contribution is 0.255. The van der Waals surface area contributed by atoms with Gasteiger partial charge < -0.3 is 16.0 Å². The van der Waals surface area contributed by atoms with Gasteiger partial charge in [0.1, 0.15) is 22.3 Å². The van der Waals surface area contributed by atoms with Crippen molar-refractivity contribution in [2.75, 3.05) is 18.4 Å². The van der Waals surface area contributed by atoms with E-state index in [2.05, 4.69) is 21.3 Å². The highest BCUT2D eigenvalue weighted by molar-refractivity contribution is 7.80. The average molecular weight is 379 g/mol. The van der Waals surface area contributed by atoms with Crippen LogP contribution in [0.1, 0.15) is 29.5 Å². The second-order valence-electron chi connectivity index (χ2n) is 6.80. The zero-order valence-corrected chi connectivity index (χ0v) is 15.4. The lowest BCUT2D eigenvalue weighted by atomic mass is 9.93. The van der Waals surface area contributed by atoms with Crippen molar-refractivity contribution in [3.05, 3.63) is 65.0 Å². The summed E-state index contributed by atoms with van der Waals surface area (Å²) in [6, 6.07) is 14.3. The molecule has 136 valence electrons. The molecule has 2 aliphatic heterocycles. The van der Waals surface area contributed by atoms with Crippen LogP contribution in [-0.2, 0) is 0 Å². The molecule has 1 saturated heterocycles. The normalized spacial score (nSPS) is 17.5. The first-order valence-corrected chi connectivity index (χ1v) is 9.14. The fourth-order valence-corrected chi connectivity index (χ4v) is 3.96. The molecular weight excluding hydrogens is 361 g/mol. The van der Waals surface area contributed by atoms with Crippen molar-refractivity contribution in [1.82, 2.24) is 4.90 Å². The third-order valence-electron chi connectivity index (χ3n) is 5.11. The highest BCUT2D eigenvalue weighted by Gasteiger charge is 2.39. The van der Waals surface area contributed by atoms with E-state index in [1.165, 1.54) is 6.07 Å². The van der Waals surface area contributed by atoms with Crippen LogP contribution in [0.2, 0.25) is 0 Å². The molecule has 3 N–H and O–H groups in total. The van der Waals surface area contributed by atoms with Crippen molar-refractivity contribution in [2.45, 2.75) is 18.5 Å². The molecule has 5 nitrogen and oxygen atoms in total. The third kappa shape index (κ3) is 3.13. The first-order chi connectivity index (χ1) is 13.0. The second kappa shape index (κ2) is 6.63. The minimum absolute atomic E-state index is 0.241. The number of benzene rings is 2. The molecule has 0 bridgehead atoms. The van der Waals surface area contributed by atoms with Crippen LogP contribution in [0.25, 0.3) is 0 Å². The quantitative estimate of drug-likeness (QED) is 0.745. The fraction of sp³-hybridized carbons (Fsp3) is 0.250. The van der Waals surface area contributed by atoms with Crippen LogP contribution >= 0.6 is 12.2 Å². The molecule has 2 heterocycles. The summed E-state index contributed by atoms with van der Waals surface area (Å²) in [4.78, 5) is 7.50. The predicted molar refractivity (Wildman–Crippen MR) is 107 cm³/mol. The van der Waals surface area contributed by atoms with Gasteiger partial charge in [0, 0.05) is 37.2 Å². The number of amidine groups is 1. The van der Waals surface area contributed by atoms with E-state index in [9.17, 15) is 4.39 Å². The number of aliphatic imine (C=N–C) groups is 1.